The predicted molar refractivity (Wildman–Crippen MR) is 87.5 cm³/mol. The van der Waals surface area contributed by atoms with Gasteiger partial charge in [-0.2, -0.15) is 0 Å². The number of benzene rings is 1. The van der Waals surface area contributed by atoms with Crippen LogP contribution >= 0.6 is 0 Å². The first kappa shape index (κ1) is 18.3. The molecule has 6 nitrogen and oxygen atoms in total. The van der Waals surface area contributed by atoms with Crippen molar-refractivity contribution in [3.8, 4) is 0 Å². The minimum Gasteiger partial charge on any atom is -0.376 e. The molecule has 1 amide bonds. The number of ether oxygens (including phenoxy) is 1. The fourth-order valence-electron chi connectivity index (χ4n) is 2.99. The third kappa shape index (κ3) is 4.50. The highest BCUT2D eigenvalue weighted by atomic mass is 19.1. The summed E-state index contributed by atoms with van der Waals surface area (Å²) in [6.07, 6.45) is 4.80. The van der Waals surface area contributed by atoms with Gasteiger partial charge in [-0.1, -0.05) is 19.8 Å². The van der Waals surface area contributed by atoms with E-state index in [9.17, 15) is 19.3 Å². The number of rotatable bonds is 6. The van der Waals surface area contributed by atoms with Crippen LogP contribution in [0.1, 0.15) is 48.5 Å². The Hall–Kier alpha value is -2.02. The molecule has 0 aliphatic heterocycles. The Morgan fingerprint density at radius 2 is 2.12 bits per heavy atom. The van der Waals surface area contributed by atoms with Crippen LogP contribution in [0.2, 0.25) is 0 Å². The molecule has 0 radical (unpaired) electrons. The summed E-state index contributed by atoms with van der Waals surface area (Å²) in [5, 5.41) is 13.5. The van der Waals surface area contributed by atoms with E-state index in [-0.39, 0.29) is 23.8 Å². The van der Waals surface area contributed by atoms with Gasteiger partial charge in [0.25, 0.3) is 11.6 Å². The molecule has 24 heavy (non-hydrogen) atoms. The van der Waals surface area contributed by atoms with E-state index in [1.54, 1.807) is 0 Å². The monoisotopic (exact) mass is 338 g/mol. The highest BCUT2D eigenvalue weighted by Crippen LogP contribution is 2.26. The molecule has 2 rings (SSSR count). The summed E-state index contributed by atoms with van der Waals surface area (Å²) in [5.74, 6) is -0.790. The van der Waals surface area contributed by atoms with Gasteiger partial charge in [-0.15, -0.1) is 0 Å². The second-order valence-corrected chi connectivity index (χ2v) is 6.29. The lowest BCUT2D eigenvalue weighted by molar-refractivity contribution is -0.385. The Labute approximate surface area is 140 Å². The lowest BCUT2D eigenvalue weighted by atomic mass is 9.88. The van der Waals surface area contributed by atoms with Gasteiger partial charge in [-0.25, -0.2) is 4.39 Å². The Bertz CT molecular complexity index is 621. The molecule has 2 atom stereocenters. The fourth-order valence-corrected chi connectivity index (χ4v) is 2.99. The van der Waals surface area contributed by atoms with E-state index >= 15 is 0 Å². The van der Waals surface area contributed by atoms with Gasteiger partial charge in [0.1, 0.15) is 5.82 Å². The molecule has 1 saturated carbocycles. The molecule has 1 N–H and O–H groups in total. The molecule has 0 bridgehead atoms. The van der Waals surface area contributed by atoms with Crippen LogP contribution in [0, 0.1) is 28.8 Å². The second kappa shape index (κ2) is 8.19. The average molecular weight is 338 g/mol. The van der Waals surface area contributed by atoms with Gasteiger partial charge in [-0.3, -0.25) is 14.9 Å². The molecule has 1 fully saturated rings. The van der Waals surface area contributed by atoms with Crippen molar-refractivity contribution in [1.29, 1.82) is 0 Å². The predicted octanol–water partition coefficient (Wildman–Crippen LogP) is 3.37. The van der Waals surface area contributed by atoms with Crippen LogP contribution in [0.3, 0.4) is 0 Å². The van der Waals surface area contributed by atoms with E-state index in [0.29, 0.717) is 12.5 Å². The Balaban J connectivity index is 1.87. The fraction of sp³-hybridized carbons (Fsp3) is 0.588. The maximum atomic E-state index is 13.7. The molecule has 132 valence electrons. The SMILES string of the molecule is Cc1c(F)cc(C(=O)NCCOC2CCCCC2C)cc1[N+](=O)[O-]. The zero-order valence-electron chi connectivity index (χ0n) is 14.0. The number of hydrogen-bond acceptors (Lipinski definition) is 4. The quantitative estimate of drug-likeness (QED) is 0.490. The van der Waals surface area contributed by atoms with Crippen LogP contribution in [0.25, 0.3) is 0 Å². The highest BCUT2D eigenvalue weighted by Gasteiger charge is 2.22. The summed E-state index contributed by atoms with van der Waals surface area (Å²) in [4.78, 5) is 22.3. The number of hydrogen-bond donors (Lipinski definition) is 1. The van der Waals surface area contributed by atoms with Gasteiger partial charge in [0.15, 0.2) is 0 Å². The molecule has 1 aliphatic rings. The topological polar surface area (TPSA) is 81.5 Å². The minimum atomic E-state index is -0.762. The smallest absolute Gasteiger partial charge is 0.276 e. The number of halogens is 1. The largest absolute Gasteiger partial charge is 0.376 e. The van der Waals surface area contributed by atoms with Gasteiger partial charge < -0.3 is 10.1 Å². The van der Waals surface area contributed by atoms with Crippen LogP contribution < -0.4 is 5.32 Å². The molecule has 2 unspecified atom stereocenters. The summed E-state index contributed by atoms with van der Waals surface area (Å²) in [6, 6.07) is 2.11. The van der Waals surface area contributed by atoms with Crippen LogP contribution in [0.15, 0.2) is 12.1 Å². The molecule has 1 aliphatic carbocycles. The van der Waals surface area contributed by atoms with Crippen molar-refractivity contribution < 1.29 is 18.8 Å². The summed E-state index contributed by atoms with van der Waals surface area (Å²) >= 11 is 0. The Kier molecular flexibility index (Phi) is 6.25. The average Bonchev–Trinajstić information content (AvgIpc) is 2.55. The van der Waals surface area contributed by atoms with E-state index in [0.717, 1.165) is 31.4 Å². The van der Waals surface area contributed by atoms with E-state index in [1.807, 2.05) is 0 Å². The number of nitro groups is 1. The third-order valence-corrected chi connectivity index (χ3v) is 4.53. The summed E-state index contributed by atoms with van der Waals surface area (Å²) in [7, 11) is 0. The van der Waals surface area contributed by atoms with E-state index in [4.69, 9.17) is 4.74 Å². The molecule has 0 saturated heterocycles. The molecule has 1 aromatic carbocycles. The van der Waals surface area contributed by atoms with Gasteiger partial charge in [0.2, 0.25) is 0 Å². The van der Waals surface area contributed by atoms with E-state index < -0.39 is 22.3 Å². The molecular formula is C17H23FN2O4. The molecule has 0 spiro atoms. The van der Waals surface area contributed by atoms with Crippen molar-refractivity contribution in [2.24, 2.45) is 5.92 Å². The second-order valence-electron chi connectivity index (χ2n) is 6.29. The van der Waals surface area contributed by atoms with Crippen LogP contribution in [-0.4, -0.2) is 30.1 Å². The Morgan fingerprint density at radius 1 is 1.42 bits per heavy atom. The maximum Gasteiger partial charge on any atom is 0.276 e. The molecule has 1 aromatic rings. The van der Waals surface area contributed by atoms with Gasteiger partial charge in [0.05, 0.1) is 23.2 Å². The van der Waals surface area contributed by atoms with Gasteiger partial charge >= 0.3 is 0 Å². The number of carbonyl (C=O) groups excluding carboxylic acids is 1. The zero-order valence-corrected chi connectivity index (χ0v) is 14.0. The first-order chi connectivity index (χ1) is 11.4. The number of amides is 1. The minimum absolute atomic E-state index is 0.0594. The summed E-state index contributed by atoms with van der Waals surface area (Å²) in [6.45, 7) is 4.13. The van der Waals surface area contributed by atoms with Crippen LogP contribution in [0.4, 0.5) is 10.1 Å². The first-order valence-electron chi connectivity index (χ1n) is 8.24. The third-order valence-electron chi connectivity index (χ3n) is 4.53. The number of nitrogens with zero attached hydrogens (tertiary/aromatic N) is 1. The standard InChI is InChI=1S/C17H23FN2O4/c1-11-5-3-4-6-16(11)24-8-7-19-17(21)13-9-14(18)12(2)15(10-13)20(22)23/h9-11,16H,3-8H2,1-2H3,(H,19,21). The van der Waals surface area contributed by atoms with Crippen molar-refractivity contribution in [2.75, 3.05) is 13.2 Å². The van der Waals surface area contributed by atoms with Crippen LogP contribution in [0.5, 0.6) is 0 Å². The van der Waals surface area contributed by atoms with Crippen molar-refractivity contribution >= 4 is 11.6 Å². The van der Waals surface area contributed by atoms with Crippen LogP contribution in [-0.2, 0) is 4.74 Å². The molecule has 0 heterocycles. The Morgan fingerprint density at radius 3 is 2.79 bits per heavy atom. The van der Waals surface area contributed by atoms with Gasteiger partial charge in [0, 0.05) is 18.2 Å². The highest BCUT2D eigenvalue weighted by molar-refractivity contribution is 5.95. The normalized spacial score (nSPS) is 20.6. The van der Waals surface area contributed by atoms with Crippen molar-refractivity contribution in [1.82, 2.24) is 5.32 Å². The van der Waals surface area contributed by atoms with E-state index in [1.165, 1.54) is 13.3 Å². The summed E-state index contributed by atoms with van der Waals surface area (Å²) in [5.41, 5.74) is -0.533. The summed E-state index contributed by atoms with van der Waals surface area (Å²) < 4.78 is 19.5. The molecule has 7 heteroatoms. The van der Waals surface area contributed by atoms with Crippen molar-refractivity contribution in [3.05, 3.63) is 39.2 Å². The number of nitrogens with one attached hydrogen (secondary N) is 1. The molecule has 0 aromatic heterocycles. The van der Waals surface area contributed by atoms with Gasteiger partial charge in [-0.05, 0) is 31.7 Å². The van der Waals surface area contributed by atoms with E-state index in [2.05, 4.69) is 12.2 Å². The first-order valence-corrected chi connectivity index (χ1v) is 8.24. The molecular weight excluding hydrogens is 315 g/mol. The lowest BCUT2D eigenvalue weighted by Gasteiger charge is -2.28. The zero-order chi connectivity index (χ0) is 17.7. The maximum absolute atomic E-state index is 13.7. The number of nitro benzene ring substituents is 1. The number of carbonyl (C=O) groups is 1. The van der Waals surface area contributed by atoms with Crippen molar-refractivity contribution in [3.63, 3.8) is 0 Å². The lowest BCUT2D eigenvalue weighted by Crippen LogP contribution is -2.31. The van der Waals surface area contributed by atoms with Crippen molar-refractivity contribution in [2.45, 2.75) is 45.6 Å².